The van der Waals surface area contributed by atoms with E-state index in [0.717, 1.165) is 19.3 Å². The van der Waals surface area contributed by atoms with Gasteiger partial charge in [0.2, 0.25) is 10.0 Å². The molecule has 1 fully saturated rings. The standard InChI is InChI=1S/C12H19NO4S2/c1-9-8-18-11(7-14)12(9)19(15,16)13-6-10-4-2-3-5-17-10/h8,10,13-14H,2-7H2,1H3. The van der Waals surface area contributed by atoms with Gasteiger partial charge in [-0.05, 0) is 37.1 Å². The van der Waals surface area contributed by atoms with Crippen LogP contribution in [0.4, 0.5) is 0 Å². The van der Waals surface area contributed by atoms with Gasteiger partial charge in [0.25, 0.3) is 0 Å². The molecule has 7 heteroatoms. The van der Waals surface area contributed by atoms with E-state index in [-0.39, 0.29) is 17.6 Å². The minimum absolute atomic E-state index is 0.0416. The van der Waals surface area contributed by atoms with Gasteiger partial charge in [0, 0.05) is 13.2 Å². The fourth-order valence-corrected chi connectivity index (χ4v) is 4.92. The molecule has 1 unspecified atom stereocenters. The highest BCUT2D eigenvalue weighted by molar-refractivity contribution is 7.89. The molecule has 1 aromatic rings. The van der Waals surface area contributed by atoms with Gasteiger partial charge in [-0.15, -0.1) is 11.3 Å². The smallest absolute Gasteiger partial charge is 0.242 e. The van der Waals surface area contributed by atoms with Crippen molar-refractivity contribution < 1.29 is 18.3 Å². The van der Waals surface area contributed by atoms with Gasteiger partial charge in [-0.25, -0.2) is 13.1 Å². The van der Waals surface area contributed by atoms with Crippen molar-refractivity contribution in [1.82, 2.24) is 4.72 Å². The lowest BCUT2D eigenvalue weighted by Gasteiger charge is -2.22. The molecule has 1 saturated heterocycles. The van der Waals surface area contributed by atoms with Gasteiger partial charge in [-0.1, -0.05) is 0 Å². The zero-order valence-corrected chi connectivity index (χ0v) is 12.5. The van der Waals surface area contributed by atoms with Crippen molar-refractivity contribution in [2.24, 2.45) is 0 Å². The van der Waals surface area contributed by atoms with E-state index >= 15 is 0 Å². The molecule has 1 atom stereocenters. The Bertz CT molecular complexity index is 518. The number of rotatable bonds is 5. The monoisotopic (exact) mass is 305 g/mol. The highest BCUT2D eigenvalue weighted by Crippen LogP contribution is 2.26. The van der Waals surface area contributed by atoms with Crippen molar-refractivity contribution in [2.45, 2.75) is 43.8 Å². The summed E-state index contributed by atoms with van der Waals surface area (Å²) in [5.74, 6) is 0. The molecule has 0 saturated carbocycles. The number of aryl methyl sites for hydroxylation is 1. The van der Waals surface area contributed by atoms with E-state index in [1.807, 2.05) is 0 Å². The Labute approximate surface area is 117 Å². The molecule has 1 aromatic heterocycles. The normalized spacial score (nSPS) is 20.6. The Balaban J connectivity index is 2.07. The molecule has 0 amide bonds. The molecule has 2 rings (SSSR count). The number of hydrogen-bond donors (Lipinski definition) is 2. The Morgan fingerprint density at radius 2 is 2.32 bits per heavy atom. The lowest BCUT2D eigenvalue weighted by molar-refractivity contribution is 0.0200. The molecule has 0 radical (unpaired) electrons. The molecule has 0 bridgehead atoms. The van der Waals surface area contributed by atoms with Crippen LogP contribution in [0.5, 0.6) is 0 Å². The number of sulfonamides is 1. The van der Waals surface area contributed by atoms with Gasteiger partial charge < -0.3 is 9.84 Å². The van der Waals surface area contributed by atoms with Crippen LogP contribution in [0, 0.1) is 6.92 Å². The molecular formula is C12H19NO4S2. The van der Waals surface area contributed by atoms with Crippen LogP contribution in [-0.2, 0) is 21.4 Å². The number of aliphatic hydroxyl groups excluding tert-OH is 1. The van der Waals surface area contributed by atoms with Crippen LogP contribution in [0.25, 0.3) is 0 Å². The molecule has 2 N–H and O–H groups in total. The van der Waals surface area contributed by atoms with Gasteiger partial charge in [0.05, 0.1) is 17.6 Å². The van der Waals surface area contributed by atoms with Crippen molar-refractivity contribution in [3.8, 4) is 0 Å². The molecule has 0 aromatic carbocycles. The first-order chi connectivity index (χ1) is 9.04. The molecule has 1 aliphatic rings. The molecule has 2 heterocycles. The quantitative estimate of drug-likeness (QED) is 0.862. The second-order valence-electron chi connectivity index (χ2n) is 4.67. The summed E-state index contributed by atoms with van der Waals surface area (Å²) in [4.78, 5) is 0.699. The van der Waals surface area contributed by atoms with Gasteiger partial charge in [-0.2, -0.15) is 0 Å². The van der Waals surface area contributed by atoms with Crippen LogP contribution in [0.15, 0.2) is 10.3 Å². The lowest BCUT2D eigenvalue weighted by atomic mass is 10.1. The van der Waals surface area contributed by atoms with Crippen LogP contribution in [0.3, 0.4) is 0 Å². The molecular weight excluding hydrogens is 286 g/mol. The maximum absolute atomic E-state index is 12.3. The Morgan fingerprint density at radius 3 is 2.95 bits per heavy atom. The maximum Gasteiger partial charge on any atom is 0.242 e. The van der Waals surface area contributed by atoms with Gasteiger partial charge in [0.15, 0.2) is 0 Å². The highest BCUT2D eigenvalue weighted by atomic mass is 32.2. The predicted molar refractivity (Wildman–Crippen MR) is 73.8 cm³/mol. The fourth-order valence-electron chi connectivity index (χ4n) is 2.20. The number of nitrogens with one attached hydrogen (secondary N) is 1. The van der Waals surface area contributed by atoms with Crippen LogP contribution < -0.4 is 4.72 Å². The molecule has 19 heavy (non-hydrogen) atoms. The third-order valence-electron chi connectivity index (χ3n) is 3.18. The van der Waals surface area contributed by atoms with Crippen LogP contribution >= 0.6 is 11.3 Å². The first kappa shape index (κ1) is 14.9. The molecule has 5 nitrogen and oxygen atoms in total. The van der Waals surface area contributed by atoms with E-state index in [0.29, 0.717) is 23.6 Å². The SMILES string of the molecule is Cc1csc(CO)c1S(=O)(=O)NCC1CCCCO1. The first-order valence-electron chi connectivity index (χ1n) is 6.33. The van der Waals surface area contributed by atoms with E-state index < -0.39 is 10.0 Å². The summed E-state index contributed by atoms with van der Waals surface area (Å²) < 4.78 is 32.6. The van der Waals surface area contributed by atoms with E-state index in [4.69, 9.17) is 4.74 Å². The average molecular weight is 305 g/mol. The van der Waals surface area contributed by atoms with Crippen LogP contribution in [0.1, 0.15) is 29.7 Å². The van der Waals surface area contributed by atoms with Crippen LogP contribution in [-0.4, -0.2) is 32.8 Å². The summed E-state index contributed by atoms with van der Waals surface area (Å²) in [6, 6.07) is 0. The van der Waals surface area contributed by atoms with E-state index in [2.05, 4.69) is 4.72 Å². The minimum Gasteiger partial charge on any atom is -0.391 e. The highest BCUT2D eigenvalue weighted by Gasteiger charge is 2.24. The third kappa shape index (κ3) is 3.55. The molecule has 0 aliphatic carbocycles. The topological polar surface area (TPSA) is 75.6 Å². The molecule has 1 aliphatic heterocycles. The Morgan fingerprint density at radius 1 is 1.53 bits per heavy atom. The minimum atomic E-state index is -3.57. The van der Waals surface area contributed by atoms with E-state index in [9.17, 15) is 13.5 Å². The summed E-state index contributed by atoms with van der Waals surface area (Å²) in [7, 11) is -3.57. The largest absolute Gasteiger partial charge is 0.391 e. The number of ether oxygens (including phenoxy) is 1. The summed E-state index contributed by atoms with van der Waals surface area (Å²) in [6.07, 6.45) is 2.96. The molecule has 0 spiro atoms. The number of aliphatic hydroxyl groups is 1. The summed E-state index contributed by atoms with van der Waals surface area (Å²) in [5.41, 5.74) is 0.672. The second kappa shape index (κ2) is 6.32. The second-order valence-corrected chi connectivity index (χ2v) is 7.34. The number of hydrogen-bond acceptors (Lipinski definition) is 5. The Hall–Kier alpha value is -0.470. The van der Waals surface area contributed by atoms with E-state index in [1.54, 1.807) is 12.3 Å². The van der Waals surface area contributed by atoms with Gasteiger partial charge in [-0.3, -0.25) is 0 Å². The van der Waals surface area contributed by atoms with Crippen molar-refractivity contribution in [2.75, 3.05) is 13.2 Å². The molecule has 108 valence electrons. The predicted octanol–water partition coefficient (Wildman–Crippen LogP) is 1.40. The average Bonchev–Trinajstić information content (AvgIpc) is 2.80. The van der Waals surface area contributed by atoms with Crippen LogP contribution in [0.2, 0.25) is 0 Å². The maximum atomic E-state index is 12.3. The van der Waals surface area contributed by atoms with Crippen molar-refractivity contribution >= 4 is 21.4 Å². The van der Waals surface area contributed by atoms with Gasteiger partial charge in [0.1, 0.15) is 4.90 Å². The summed E-state index contributed by atoms with van der Waals surface area (Å²) >= 11 is 1.26. The third-order valence-corrected chi connectivity index (χ3v) is 6.05. The summed E-state index contributed by atoms with van der Waals surface area (Å²) in [5, 5.41) is 11.0. The Kier molecular flexibility index (Phi) is 4.97. The zero-order chi connectivity index (χ0) is 13.9. The van der Waals surface area contributed by atoms with Crippen molar-refractivity contribution in [3.05, 3.63) is 15.8 Å². The summed E-state index contributed by atoms with van der Waals surface area (Å²) in [6.45, 7) is 2.48. The van der Waals surface area contributed by atoms with Gasteiger partial charge >= 0.3 is 0 Å². The lowest BCUT2D eigenvalue weighted by Crippen LogP contribution is -2.35. The first-order valence-corrected chi connectivity index (χ1v) is 8.70. The zero-order valence-electron chi connectivity index (χ0n) is 10.9. The fraction of sp³-hybridized carbons (Fsp3) is 0.667. The van der Waals surface area contributed by atoms with Crippen molar-refractivity contribution in [3.63, 3.8) is 0 Å². The van der Waals surface area contributed by atoms with E-state index in [1.165, 1.54) is 11.3 Å². The number of thiophene rings is 1. The van der Waals surface area contributed by atoms with Crippen molar-refractivity contribution in [1.29, 1.82) is 0 Å².